The van der Waals surface area contributed by atoms with Crippen molar-refractivity contribution in [3.63, 3.8) is 0 Å². The third kappa shape index (κ3) is 3.25. The first kappa shape index (κ1) is 16.7. The van der Waals surface area contributed by atoms with Gasteiger partial charge in [0.15, 0.2) is 5.75 Å². The molecule has 0 aliphatic heterocycles. The number of rotatable bonds is 4. The predicted molar refractivity (Wildman–Crippen MR) is 93.8 cm³/mol. The molecule has 0 atom stereocenters. The number of esters is 1. The number of fused-ring (bicyclic) bond motifs is 1. The molecule has 0 saturated carbocycles. The van der Waals surface area contributed by atoms with Crippen LogP contribution in [0.4, 0.5) is 0 Å². The molecule has 3 aromatic rings. The van der Waals surface area contributed by atoms with Gasteiger partial charge in [0.1, 0.15) is 5.69 Å². The molecule has 0 spiro atoms. The number of hydrogen-bond donors (Lipinski definition) is 1. The van der Waals surface area contributed by atoms with Crippen molar-refractivity contribution in [2.24, 2.45) is 0 Å². The number of benzene rings is 2. The van der Waals surface area contributed by atoms with Crippen LogP contribution in [0.25, 0.3) is 10.9 Å². The van der Waals surface area contributed by atoms with Crippen LogP contribution >= 0.6 is 11.6 Å². The Morgan fingerprint density at radius 1 is 1.20 bits per heavy atom. The summed E-state index contributed by atoms with van der Waals surface area (Å²) in [5.41, 5.74) is 1.61. The Hall–Kier alpha value is -3.10. The molecule has 0 aliphatic rings. The first-order chi connectivity index (χ1) is 12.0. The molecule has 1 aromatic heterocycles. The standard InChI is InChI=1S/C19H13ClN2O3/c1-2-16(23)25-19-14-8-7-13(20)9-15(14)22-17(19)18(24)12-5-3-11(10-21)4-6-12/h3-9,22H,2H2,1H3. The van der Waals surface area contributed by atoms with E-state index in [0.717, 1.165) is 0 Å². The summed E-state index contributed by atoms with van der Waals surface area (Å²) in [5.74, 6) is -0.590. The Labute approximate surface area is 148 Å². The van der Waals surface area contributed by atoms with Gasteiger partial charge < -0.3 is 9.72 Å². The van der Waals surface area contributed by atoms with E-state index in [2.05, 4.69) is 4.98 Å². The van der Waals surface area contributed by atoms with Crippen LogP contribution in [-0.4, -0.2) is 16.7 Å². The highest BCUT2D eigenvalue weighted by Gasteiger charge is 2.22. The smallest absolute Gasteiger partial charge is 0.310 e. The molecule has 6 heteroatoms. The molecular formula is C19H13ClN2O3. The van der Waals surface area contributed by atoms with Gasteiger partial charge in [-0.25, -0.2) is 0 Å². The second-order valence-electron chi connectivity index (χ2n) is 5.36. The predicted octanol–water partition coefficient (Wildman–Crippen LogP) is 4.24. The van der Waals surface area contributed by atoms with E-state index in [4.69, 9.17) is 21.6 Å². The SMILES string of the molecule is CCC(=O)Oc1c(C(=O)c2ccc(C#N)cc2)[nH]c2cc(Cl)ccc12. The highest BCUT2D eigenvalue weighted by Crippen LogP contribution is 2.33. The maximum absolute atomic E-state index is 12.9. The van der Waals surface area contributed by atoms with Gasteiger partial charge >= 0.3 is 5.97 Å². The van der Waals surface area contributed by atoms with E-state index in [-0.39, 0.29) is 23.6 Å². The van der Waals surface area contributed by atoms with Crippen LogP contribution in [-0.2, 0) is 4.79 Å². The second kappa shape index (κ2) is 6.80. The Bertz CT molecular complexity index is 1010. The number of hydrogen-bond acceptors (Lipinski definition) is 4. The number of halogens is 1. The monoisotopic (exact) mass is 352 g/mol. The summed E-state index contributed by atoms with van der Waals surface area (Å²) < 4.78 is 5.39. The number of carbonyl (C=O) groups excluding carboxylic acids is 2. The van der Waals surface area contributed by atoms with Crippen LogP contribution in [0, 0.1) is 11.3 Å². The van der Waals surface area contributed by atoms with Crippen molar-refractivity contribution in [3.8, 4) is 11.8 Å². The fraction of sp³-hybridized carbons (Fsp3) is 0.105. The van der Waals surface area contributed by atoms with Gasteiger partial charge in [0.2, 0.25) is 5.78 Å². The number of H-pyrrole nitrogens is 1. The largest absolute Gasteiger partial charge is 0.423 e. The minimum Gasteiger partial charge on any atom is -0.423 e. The summed E-state index contributed by atoms with van der Waals surface area (Å²) in [6.45, 7) is 1.68. The Morgan fingerprint density at radius 2 is 1.92 bits per heavy atom. The molecule has 3 rings (SSSR count). The third-order valence-electron chi connectivity index (χ3n) is 3.72. The summed E-state index contributed by atoms with van der Waals surface area (Å²) in [6, 6.07) is 13.3. The lowest BCUT2D eigenvalue weighted by Gasteiger charge is -2.05. The van der Waals surface area contributed by atoms with E-state index < -0.39 is 5.97 Å². The Kier molecular flexibility index (Phi) is 4.55. The molecule has 5 nitrogen and oxygen atoms in total. The van der Waals surface area contributed by atoms with Crippen LogP contribution in [0.3, 0.4) is 0 Å². The molecule has 0 amide bonds. The molecular weight excluding hydrogens is 340 g/mol. The number of ketones is 1. The quantitative estimate of drug-likeness (QED) is 0.562. The van der Waals surface area contributed by atoms with Crippen LogP contribution in [0.2, 0.25) is 5.02 Å². The van der Waals surface area contributed by atoms with E-state index in [1.807, 2.05) is 6.07 Å². The summed E-state index contributed by atoms with van der Waals surface area (Å²) in [6.07, 6.45) is 0.185. The number of nitrogens with zero attached hydrogens (tertiary/aromatic N) is 1. The molecule has 0 saturated heterocycles. The number of aromatic amines is 1. The Balaban J connectivity index is 2.12. The van der Waals surface area contributed by atoms with E-state index in [1.54, 1.807) is 49.4 Å². The fourth-order valence-corrected chi connectivity index (χ4v) is 2.61. The van der Waals surface area contributed by atoms with Crippen LogP contribution in [0.15, 0.2) is 42.5 Å². The zero-order valence-electron chi connectivity index (χ0n) is 13.3. The van der Waals surface area contributed by atoms with E-state index >= 15 is 0 Å². The summed E-state index contributed by atoms with van der Waals surface area (Å²) in [4.78, 5) is 27.6. The van der Waals surface area contributed by atoms with Gasteiger partial charge in [-0.3, -0.25) is 9.59 Å². The van der Waals surface area contributed by atoms with E-state index in [1.165, 1.54) is 0 Å². The van der Waals surface area contributed by atoms with Crippen molar-refractivity contribution in [2.75, 3.05) is 0 Å². The van der Waals surface area contributed by atoms with Gasteiger partial charge in [-0.2, -0.15) is 5.26 Å². The van der Waals surface area contributed by atoms with Crippen LogP contribution in [0.1, 0.15) is 35.0 Å². The molecule has 0 bridgehead atoms. The minimum absolute atomic E-state index is 0.170. The average Bonchev–Trinajstić information content (AvgIpc) is 2.98. The highest BCUT2D eigenvalue weighted by atomic mass is 35.5. The first-order valence-corrected chi connectivity index (χ1v) is 7.98. The van der Waals surface area contributed by atoms with Crippen molar-refractivity contribution in [3.05, 3.63) is 64.3 Å². The van der Waals surface area contributed by atoms with Gasteiger partial charge in [0, 0.05) is 22.4 Å². The van der Waals surface area contributed by atoms with Crippen molar-refractivity contribution in [1.82, 2.24) is 4.98 Å². The molecule has 2 aromatic carbocycles. The number of aromatic nitrogens is 1. The van der Waals surface area contributed by atoms with E-state index in [0.29, 0.717) is 27.1 Å². The molecule has 25 heavy (non-hydrogen) atoms. The van der Waals surface area contributed by atoms with Crippen molar-refractivity contribution < 1.29 is 14.3 Å². The van der Waals surface area contributed by atoms with Gasteiger partial charge in [0.05, 0.1) is 17.1 Å². The average molecular weight is 353 g/mol. The highest BCUT2D eigenvalue weighted by molar-refractivity contribution is 6.31. The Morgan fingerprint density at radius 3 is 2.56 bits per heavy atom. The van der Waals surface area contributed by atoms with Crippen molar-refractivity contribution in [2.45, 2.75) is 13.3 Å². The van der Waals surface area contributed by atoms with Gasteiger partial charge in [-0.15, -0.1) is 0 Å². The van der Waals surface area contributed by atoms with Gasteiger partial charge in [0.25, 0.3) is 0 Å². The second-order valence-corrected chi connectivity index (χ2v) is 5.80. The summed E-state index contributed by atoms with van der Waals surface area (Å²) in [5, 5.41) is 9.96. The molecule has 1 heterocycles. The van der Waals surface area contributed by atoms with Crippen LogP contribution in [0.5, 0.6) is 5.75 Å². The van der Waals surface area contributed by atoms with Crippen molar-refractivity contribution >= 4 is 34.3 Å². The maximum Gasteiger partial charge on any atom is 0.310 e. The third-order valence-corrected chi connectivity index (χ3v) is 3.96. The van der Waals surface area contributed by atoms with E-state index in [9.17, 15) is 9.59 Å². The lowest BCUT2D eigenvalue weighted by atomic mass is 10.1. The molecule has 0 radical (unpaired) electrons. The minimum atomic E-state index is -0.440. The number of ether oxygens (including phenoxy) is 1. The maximum atomic E-state index is 12.9. The summed E-state index contributed by atoms with van der Waals surface area (Å²) >= 11 is 6.00. The summed E-state index contributed by atoms with van der Waals surface area (Å²) in [7, 11) is 0. The zero-order chi connectivity index (χ0) is 18.0. The molecule has 1 N–H and O–H groups in total. The molecule has 0 unspecified atom stereocenters. The fourth-order valence-electron chi connectivity index (χ4n) is 2.44. The zero-order valence-corrected chi connectivity index (χ0v) is 14.1. The van der Waals surface area contributed by atoms with Crippen molar-refractivity contribution in [1.29, 1.82) is 5.26 Å². The molecule has 0 aliphatic carbocycles. The lowest BCUT2D eigenvalue weighted by Crippen LogP contribution is -2.10. The normalized spacial score (nSPS) is 10.4. The topological polar surface area (TPSA) is 82.9 Å². The van der Waals surface area contributed by atoms with Crippen LogP contribution < -0.4 is 4.74 Å². The number of carbonyl (C=O) groups is 2. The number of nitriles is 1. The lowest BCUT2D eigenvalue weighted by molar-refractivity contribution is -0.133. The molecule has 0 fully saturated rings. The number of nitrogens with one attached hydrogen (secondary N) is 1. The van der Waals surface area contributed by atoms with Gasteiger partial charge in [-0.05, 0) is 42.5 Å². The molecule has 124 valence electrons. The first-order valence-electron chi connectivity index (χ1n) is 7.60. The van der Waals surface area contributed by atoms with Gasteiger partial charge in [-0.1, -0.05) is 18.5 Å².